The van der Waals surface area contributed by atoms with Crippen molar-refractivity contribution in [2.45, 2.75) is 6.42 Å². The number of fused-ring (bicyclic) bond motifs is 1. The van der Waals surface area contributed by atoms with Crippen molar-refractivity contribution in [2.75, 3.05) is 44.4 Å². The molecule has 4 heteroatoms. The van der Waals surface area contributed by atoms with E-state index in [1.54, 1.807) is 0 Å². The molecular weight excluding hydrogens is 370 g/mol. The van der Waals surface area contributed by atoms with Crippen molar-refractivity contribution in [2.24, 2.45) is 0 Å². The van der Waals surface area contributed by atoms with Gasteiger partial charge in [0.05, 0.1) is 12.3 Å². The normalized spacial score (nSPS) is 14.2. The number of nitrogens with one attached hydrogen (secondary N) is 2. The Morgan fingerprint density at radius 2 is 1.67 bits per heavy atom. The molecule has 0 saturated carbocycles. The number of para-hydroxylation sites is 1. The Bertz CT molecular complexity index is 994. The van der Waals surface area contributed by atoms with Crippen LogP contribution in [0.2, 0.25) is 0 Å². The first-order chi connectivity index (χ1) is 14.7. The fraction of sp³-hybridized carbons (Fsp3) is 0.231. The van der Waals surface area contributed by atoms with Crippen molar-refractivity contribution >= 4 is 22.6 Å². The molecule has 0 spiro atoms. The Labute approximate surface area is 179 Å². The molecule has 3 aromatic carbocycles. The summed E-state index contributed by atoms with van der Waals surface area (Å²) in [5.74, 6) is 0.904. The van der Waals surface area contributed by atoms with E-state index in [-0.39, 0.29) is 0 Å². The maximum Gasteiger partial charge on any atom is 0.119 e. The summed E-state index contributed by atoms with van der Waals surface area (Å²) in [5.41, 5.74) is 7.07. The van der Waals surface area contributed by atoms with Gasteiger partial charge in [-0.15, -0.1) is 0 Å². The zero-order valence-corrected chi connectivity index (χ0v) is 17.7. The van der Waals surface area contributed by atoms with Crippen LogP contribution in [0.15, 0.2) is 78.9 Å². The second kappa shape index (κ2) is 9.51. The fourth-order valence-electron chi connectivity index (χ4n) is 3.68. The number of hydrogen-bond donors (Lipinski definition) is 2. The molecule has 1 aliphatic heterocycles. The van der Waals surface area contributed by atoms with Gasteiger partial charge in [0, 0.05) is 35.6 Å². The van der Waals surface area contributed by atoms with Crippen molar-refractivity contribution < 1.29 is 4.74 Å². The molecule has 2 N–H and O–H groups in total. The summed E-state index contributed by atoms with van der Waals surface area (Å²) in [7, 11) is 4.16. The molecule has 0 saturated heterocycles. The number of ether oxygens (including phenoxy) is 1. The summed E-state index contributed by atoms with van der Waals surface area (Å²) in [6.07, 6.45) is 1.02. The molecule has 1 aliphatic rings. The standard InChI is InChI=1S/C26H29N3O/c1-29(2)17-8-18-30-22-15-13-21(14-16-22)28-26(20-9-4-3-5-10-20)24-19-27-25-12-7-6-11-23(24)25/h3-7,9-16,27-28H,8,17-19H2,1-2H3/b26-24+. The van der Waals surface area contributed by atoms with Crippen LogP contribution in [-0.4, -0.2) is 38.7 Å². The number of nitrogens with zero attached hydrogens (tertiary/aromatic N) is 1. The van der Waals surface area contributed by atoms with Gasteiger partial charge in [-0.25, -0.2) is 0 Å². The minimum absolute atomic E-state index is 0.729. The lowest BCUT2D eigenvalue weighted by molar-refractivity contribution is 0.281. The number of benzene rings is 3. The third-order valence-electron chi connectivity index (χ3n) is 5.21. The topological polar surface area (TPSA) is 36.5 Å². The Kier molecular flexibility index (Phi) is 6.35. The van der Waals surface area contributed by atoms with Gasteiger partial charge in [0.1, 0.15) is 5.75 Å². The van der Waals surface area contributed by atoms with Crippen molar-refractivity contribution in [1.29, 1.82) is 0 Å². The third kappa shape index (κ3) is 4.84. The first-order valence-corrected chi connectivity index (χ1v) is 10.5. The number of hydrogen-bond acceptors (Lipinski definition) is 4. The van der Waals surface area contributed by atoms with Crippen LogP contribution in [0.5, 0.6) is 5.75 Å². The van der Waals surface area contributed by atoms with Gasteiger partial charge in [-0.1, -0.05) is 48.5 Å². The van der Waals surface area contributed by atoms with Crippen molar-refractivity contribution in [1.82, 2.24) is 4.90 Å². The molecule has 3 aromatic rings. The SMILES string of the molecule is CN(C)CCCOc1ccc(N/C(=C2\CNc3ccccc32)c2ccccc2)cc1. The van der Waals surface area contributed by atoms with Crippen LogP contribution >= 0.6 is 0 Å². The summed E-state index contributed by atoms with van der Waals surface area (Å²) in [6.45, 7) is 2.57. The molecule has 0 atom stereocenters. The highest BCUT2D eigenvalue weighted by molar-refractivity contribution is 6.02. The average Bonchev–Trinajstić information content (AvgIpc) is 3.20. The van der Waals surface area contributed by atoms with Crippen molar-refractivity contribution in [3.63, 3.8) is 0 Å². The van der Waals surface area contributed by atoms with E-state index in [1.165, 1.54) is 22.4 Å². The predicted octanol–water partition coefficient (Wildman–Crippen LogP) is 5.42. The van der Waals surface area contributed by atoms with E-state index in [0.29, 0.717) is 0 Å². The highest BCUT2D eigenvalue weighted by Crippen LogP contribution is 2.36. The molecule has 0 bridgehead atoms. The predicted molar refractivity (Wildman–Crippen MR) is 127 cm³/mol. The highest BCUT2D eigenvalue weighted by atomic mass is 16.5. The fourth-order valence-corrected chi connectivity index (χ4v) is 3.68. The number of anilines is 2. The molecular formula is C26H29N3O. The Morgan fingerprint density at radius 1 is 0.933 bits per heavy atom. The van der Waals surface area contributed by atoms with Crippen LogP contribution in [0.3, 0.4) is 0 Å². The highest BCUT2D eigenvalue weighted by Gasteiger charge is 2.20. The molecule has 4 rings (SSSR count). The van der Waals surface area contributed by atoms with E-state index in [2.05, 4.69) is 96.4 Å². The van der Waals surface area contributed by atoms with Gasteiger partial charge in [0.2, 0.25) is 0 Å². The van der Waals surface area contributed by atoms with E-state index in [1.807, 2.05) is 12.1 Å². The smallest absolute Gasteiger partial charge is 0.119 e. The molecule has 0 aliphatic carbocycles. The van der Waals surface area contributed by atoms with Crippen molar-refractivity contribution in [3.05, 3.63) is 90.0 Å². The molecule has 154 valence electrons. The van der Waals surface area contributed by atoms with Crippen LogP contribution in [0.25, 0.3) is 11.3 Å². The third-order valence-corrected chi connectivity index (χ3v) is 5.21. The zero-order valence-electron chi connectivity index (χ0n) is 17.7. The van der Waals surface area contributed by atoms with Crippen LogP contribution < -0.4 is 15.4 Å². The van der Waals surface area contributed by atoms with Crippen molar-refractivity contribution in [3.8, 4) is 5.75 Å². The maximum absolute atomic E-state index is 5.87. The molecule has 0 radical (unpaired) electrons. The summed E-state index contributed by atoms with van der Waals surface area (Å²) in [6, 6.07) is 27.2. The summed E-state index contributed by atoms with van der Waals surface area (Å²) >= 11 is 0. The van der Waals surface area contributed by atoms with E-state index in [0.717, 1.165) is 43.3 Å². The summed E-state index contributed by atoms with van der Waals surface area (Å²) < 4.78 is 5.87. The van der Waals surface area contributed by atoms with E-state index in [9.17, 15) is 0 Å². The lowest BCUT2D eigenvalue weighted by Gasteiger charge is -2.16. The monoisotopic (exact) mass is 399 g/mol. The molecule has 0 fully saturated rings. The first kappa shape index (κ1) is 20.0. The van der Waals surface area contributed by atoms with E-state index < -0.39 is 0 Å². The Hall–Kier alpha value is -3.24. The van der Waals surface area contributed by atoms with E-state index in [4.69, 9.17) is 4.74 Å². The Morgan fingerprint density at radius 3 is 2.43 bits per heavy atom. The molecule has 4 nitrogen and oxygen atoms in total. The van der Waals surface area contributed by atoms with Gasteiger partial charge in [-0.3, -0.25) is 0 Å². The van der Waals surface area contributed by atoms with Gasteiger partial charge in [-0.05, 0) is 56.4 Å². The molecule has 0 unspecified atom stereocenters. The summed E-state index contributed by atoms with van der Waals surface area (Å²) in [5, 5.41) is 7.18. The van der Waals surface area contributed by atoms with Crippen LogP contribution in [0, 0.1) is 0 Å². The molecule has 1 heterocycles. The molecule has 0 aromatic heterocycles. The van der Waals surface area contributed by atoms with Gasteiger partial charge >= 0.3 is 0 Å². The minimum atomic E-state index is 0.729. The largest absolute Gasteiger partial charge is 0.494 e. The van der Waals surface area contributed by atoms with Crippen LogP contribution in [0.1, 0.15) is 17.5 Å². The molecule has 30 heavy (non-hydrogen) atoms. The summed E-state index contributed by atoms with van der Waals surface area (Å²) in [4.78, 5) is 2.17. The van der Waals surface area contributed by atoms with Crippen LogP contribution in [-0.2, 0) is 0 Å². The van der Waals surface area contributed by atoms with Gasteiger partial charge in [-0.2, -0.15) is 0 Å². The Balaban J connectivity index is 1.55. The number of rotatable bonds is 8. The second-order valence-corrected chi connectivity index (χ2v) is 7.77. The van der Waals surface area contributed by atoms with Gasteiger partial charge in [0.15, 0.2) is 0 Å². The average molecular weight is 400 g/mol. The first-order valence-electron chi connectivity index (χ1n) is 10.5. The van der Waals surface area contributed by atoms with Gasteiger partial charge in [0.25, 0.3) is 0 Å². The quantitative estimate of drug-likeness (QED) is 0.496. The second-order valence-electron chi connectivity index (χ2n) is 7.77. The maximum atomic E-state index is 5.87. The van der Waals surface area contributed by atoms with Gasteiger partial charge < -0.3 is 20.3 Å². The minimum Gasteiger partial charge on any atom is -0.494 e. The van der Waals surface area contributed by atoms with E-state index >= 15 is 0 Å². The zero-order chi connectivity index (χ0) is 20.8. The van der Waals surface area contributed by atoms with Crippen LogP contribution in [0.4, 0.5) is 11.4 Å². The lowest BCUT2D eigenvalue weighted by atomic mass is 10.0. The molecule has 0 amide bonds. The lowest BCUT2D eigenvalue weighted by Crippen LogP contribution is -2.15.